The van der Waals surface area contributed by atoms with Gasteiger partial charge in [-0.2, -0.15) is 10.1 Å². The highest BCUT2D eigenvalue weighted by Crippen LogP contribution is 2.18. The van der Waals surface area contributed by atoms with Crippen molar-refractivity contribution in [2.24, 2.45) is 14.1 Å². The van der Waals surface area contributed by atoms with Crippen molar-refractivity contribution in [2.45, 2.75) is 20.8 Å². The minimum Gasteiger partial charge on any atom is -0.306 e. The summed E-state index contributed by atoms with van der Waals surface area (Å²) in [5, 5.41) is 4.45. The second-order valence-electron chi connectivity index (χ2n) is 5.17. The number of aryl methyl sites for hydroxylation is 3. The summed E-state index contributed by atoms with van der Waals surface area (Å²) in [5.41, 5.74) is 2.68. The average molecular weight is 288 g/mol. The molecule has 0 fully saturated rings. The van der Waals surface area contributed by atoms with Crippen LogP contribution in [0.5, 0.6) is 0 Å². The quantitative estimate of drug-likeness (QED) is 0.686. The maximum Gasteiger partial charge on any atom is 0.329 e. The van der Waals surface area contributed by atoms with E-state index in [-0.39, 0.29) is 0 Å². The van der Waals surface area contributed by atoms with Crippen molar-refractivity contribution in [2.75, 3.05) is 0 Å². The van der Waals surface area contributed by atoms with Crippen LogP contribution in [0.4, 0.5) is 0 Å². The number of fused-ring (bicyclic) bond motifs is 1. The average Bonchev–Trinajstić information content (AvgIpc) is 2.89. The van der Waals surface area contributed by atoms with Gasteiger partial charge in [-0.05, 0) is 26.3 Å². The fraction of sp³-hybridized carbons (Fsp3) is 0.385. The molecule has 110 valence electrons. The largest absolute Gasteiger partial charge is 0.329 e. The lowest BCUT2D eigenvalue weighted by Crippen LogP contribution is -2.29. The first kappa shape index (κ1) is 13.3. The highest BCUT2D eigenvalue weighted by molar-refractivity contribution is 5.72. The van der Waals surface area contributed by atoms with E-state index in [1.165, 1.54) is 4.57 Å². The molecule has 8 heteroatoms. The van der Waals surface area contributed by atoms with E-state index in [0.29, 0.717) is 17.1 Å². The van der Waals surface area contributed by atoms with Crippen LogP contribution in [0, 0.1) is 20.8 Å². The molecule has 1 N–H and O–H groups in total. The molecule has 0 unspecified atom stereocenters. The first-order valence-electron chi connectivity index (χ1n) is 6.52. The van der Waals surface area contributed by atoms with Gasteiger partial charge in [0.05, 0.1) is 5.69 Å². The van der Waals surface area contributed by atoms with E-state index < -0.39 is 11.2 Å². The molecule has 8 nitrogen and oxygen atoms in total. The number of rotatable bonds is 1. The molecule has 0 aromatic carbocycles. The summed E-state index contributed by atoms with van der Waals surface area (Å²) in [6, 6.07) is 0. The van der Waals surface area contributed by atoms with Crippen LogP contribution in [-0.2, 0) is 14.1 Å². The van der Waals surface area contributed by atoms with E-state index >= 15 is 0 Å². The number of aromatic nitrogens is 6. The molecule has 3 aromatic rings. The Labute approximate surface area is 119 Å². The third kappa shape index (κ3) is 1.68. The molecule has 0 aliphatic rings. The van der Waals surface area contributed by atoms with E-state index in [9.17, 15) is 9.59 Å². The van der Waals surface area contributed by atoms with Gasteiger partial charge in [0.25, 0.3) is 5.56 Å². The van der Waals surface area contributed by atoms with Gasteiger partial charge in [0.1, 0.15) is 0 Å². The Hall–Kier alpha value is -2.64. The standard InChI is InChI=1S/C13H16N6O2/c1-6-7(2)16-19(8(6)3)12-14-10-9(17(12)4)11(20)15-13(21)18(10)5/h1-5H3,(H,15,20,21). The zero-order valence-corrected chi connectivity index (χ0v) is 12.6. The van der Waals surface area contributed by atoms with E-state index in [1.807, 2.05) is 20.8 Å². The fourth-order valence-electron chi connectivity index (χ4n) is 2.40. The van der Waals surface area contributed by atoms with E-state index in [1.54, 1.807) is 23.3 Å². The van der Waals surface area contributed by atoms with E-state index in [2.05, 4.69) is 15.1 Å². The van der Waals surface area contributed by atoms with Gasteiger partial charge in [-0.15, -0.1) is 0 Å². The van der Waals surface area contributed by atoms with Crippen molar-refractivity contribution in [3.05, 3.63) is 37.8 Å². The fourth-order valence-corrected chi connectivity index (χ4v) is 2.40. The molecule has 0 spiro atoms. The van der Waals surface area contributed by atoms with Crippen LogP contribution >= 0.6 is 0 Å². The van der Waals surface area contributed by atoms with Crippen LogP contribution in [0.25, 0.3) is 17.1 Å². The number of nitrogens with zero attached hydrogens (tertiary/aromatic N) is 5. The summed E-state index contributed by atoms with van der Waals surface area (Å²) in [5.74, 6) is 0.505. The number of aromatic amines is 1. The summed E-state index contributed by atoms with van der Waals surface area (Å²) in [4.78, 5) is 30.4. The molecule has 0 bridgehead atoms. The third-order valence-electron chi connectivity index (χ3n) is 3.95. The Morgan fingerprint density at radius 3 is 2.29 bits per heavy atom. The zero-order valence-electron chi connectivity index (χ0n) is 12.6. The predicted octanol–water partition coefficient (Wildman–Crippen LogP) is 0.0713. The number of H-pyrrole nitrogens is 1. The van der Waals surface area contributed by atoms with Crippen LogP contribution < -0.4 is 11.2 Å². The molecule has 3 aromatic heterocycles. The molecule has 3 rings (SSSR count). The van der Waals surface area contributed by atoms with Gasteiger partial charge in [-0.25, -0.2) is 9.48 Å². The van der Waals surface area contributed by atoms with Gasteiger partial charge in [0.15, 0.2) is 11.2 Å². The lowest BCUT2D eigenvalue weighted by atomic mass is 10.2. The topological polar surface area (TPSA) is 90.5 Å². The summed E-state index contributed by atoms with van der Waals surface area (Å²) < 4.78 is 4.65. The smallest absolute Gasteiger partial charge is 0.306 e. The van der Waals surface area contributed by atoms with Gasteiger partial charge >= 0.3 is 5.69 Å². The minimum absolute atomic E-state index is 0.339. The van der Waals surface area contributed by atoms with Crippen molar-refractivity contribution in [3.63, 3.8) is 0 Å². The highest BCUT2D eigenvalue weighted by atomic mass is 16.2. The molecule has 0 aliphatic carbocycles. The highest BCUT2D eigenvalue weighted by Gasteiger charge is 2.19. The van der Waals surface area contributed by atoms with Crippen LogP contribution in [0.3, 0.4) is 0 Å². The molecule has 0 saturated heterocycles. The van der Waals surface area contributed by atoms with E-state index in [0.717, 1.165) is 17.0 Å². The van der Waals surface area contributed by atoms with Crippen molar-refractivity contribution < 1.29 is 0 Å². The number of imidazole rings is 1. The number of hydrogen-bond donors (Lipinski definition) is 1. The van der Waals surface area contributed by atoms with Crippen LogP contribution in [-0.4, -0.2) is 28.9 Å². The molecule has 0 saturated carbocycles. The van der Waals surface area contributed by atoms with E-state index in [4.69, 9.17) is 0 Å². The van der Waals surface area contributed by atoms with Crippen LogP contribution in [0.15, 0.2) is 9.59 Å². The lowest BCUT2D eigenvalue weighted by Gasteiger charge is -2.03. The third-order valence-corrected chi connectivity index (χ3v) is 3.95. The zero-order chi connectivity index (χ0) is 15.5. The van der Waals surface area contributed by atoms with Crippen LogP contribution in [0.2, 0.25) is 0 Å². The number of nitrogens with one attached hydrogen (secondary N) is 1. The Kier molecular flexibility index (Phi) is 2.65. The lowest BCUT2D eigenvalue weighted by molar-refractivity contribution is 0.734. The second-order valence-corrected chi connectivity index (χ2v) is 5.17. The molecule has 0 amide bonds. The summed E-state index contributed by atoms with van der Waals surface area (Å²) in [6.45, 7) is 5.85. The Morgan fingerprint density at radius 1 is 1.05 bits per heavy atom. The summed E-state index contributed by atoms with van der Waals surface area (Å²) in [6.07, 6.45) is 0. The normalized spacial score (nSPS) is 11.5. The summed E-state index contributed by atoms with van der Waals surface area (Å²) >= 11 is 0. The minimum atomic E-state index is -0.485. The van der Waals surface area contributed by atoms with Crippen molar-refractivity contribution >= 4 is 11.2 Å². The first-order chi connectivity index (χ1) is 9.82. The number of hydrogen-bond acceptors (Lipinski definition) is 4. The van der Waals surface area contributed by atoms with Gasteiger partial charge in [0.2, 0.25) is 5.95 Å². The van der Waals surface area contributed by atoms with Gasteiger partial charge < -0.3 is 4.57 Å². The molecule has 0 radical (unpaired) electrons. The maximum atomic E-state index is 12.0. The molecule has 0 aliphatic heterocycles. The molecular formula is C13H16N6O2. The SMILES string of the molecule is Cc1nn(-c2nc3c(c(=O)[nH]c(=O)n3C)n2C)c(C)c1C. The Morgan fingerprint density at radius 2 is 1.71 bits per heavy atom. The van der Waals surface area contributed by atoms with Crippen LogP contribution in [0.1, 0.15) is 17.0 Å². The van der Waals surface area contributed by atoms with Crippen molar-refractivity contribution in [3.8, 4) is 5.95 Å². The van der Waals surface area contributed by atoms with Crippen molar-refractivity contribution in [1.29, 1.82) is 0 Å². The molecule has 0 atom stereocenters. The van der Waals surface area contributed by atoms with Gasteiger partial charge in [-0.1, -0.05) is 0 Å². The molecule has 21 heavy (non-hydrogen) atoms. The molecular weight excluding hydrogens is 272 g/mol. The summed E-state index contributed by atoms with van der Waals surface area (Å²) in [7, 11) is 3.31. The Bertz CT molecular complexity index is 985. The predicted molar refractivity (Wildman–Crippen MR) is 77.9 cm³/mol. The maximum absolute atomic E-state index is 12.0. The monoisotopic (exact) mass is 288 g/mol. The molecule has 3 heterocycles. The first-order valence-corrected chi connectivity index (χ1v) is 6.52. The van der Waals surface area contributed by atoms with Gasteiger partial charge in [0, 0.05) is 19.8 Å². The second kappa shape index (κ2) is 4.18. The van der Waals surface area contributed by atoms with Gasteiger partial charge in [-0.3, -0.25) is 14.3 Å². The van der Waals surface area contributed by atoms with Crippen molar-refractivity contribution in [1.82, 2.24) is 28.9 Å². The Balaban J connectivity index is 2.45.